The van der Waals surface area contributed by atoms with Gasteiger partial charge in [-0.3, -0.25) is 0 Å². The van der Waals surface area contributed by atoms with Crippen molar-refractivity contribution in [1.82, 2.24) is 20.2 Å². The van der Waals surface area contributed by atoms with Crippen molar-refractivity contribution < 1.29 is 4.39 Å². The summed E-state index contributed by atoms with van der Waals surface area (Å²) in [6.07, 6.45) is 0. The Balaban J connectivity index is 2.42. The minimum atomic E-state index is -0.330. The minimum Gasteiger partial charge on any atom is -0.399 e. The molecule has 2 rings (SSSR count). The highest BCUT2D eigenvalue weighted by Crippen LogP contribution is 2.29. The van der Waals surface area contributed by atoms with E-state index in [0.29, 0.717) is 35.1 Å². The summed E-state index contributed by atoms with van der Waals surface area (Å²) in [6, 6.07) is 3.18. The normalized spacial score (nSPS) is 13.4. The minimum absolute atomic E-state index is 0.118. The van der Waals surface area contributed by atoms with E-state index in [1.807, 2.05) is 0 Å². The molecule has 5 nitrogen and oxygen atoms in total. The smallest absolute Gasteiger partial charge is 0.185 e. The van der Waals surface area contributed by atoms with Crippen LogP contribution in [0.15, 0.2) is 12.1 Å². The van der Waals surface area contributed by atoms with E-state index in [9.17, 15) is 4.39 Å². The SMILES string of the molecule is Cc1cc(N)cc(-c2nnnn2CC(C)C(C)(C)C)c1F. The first-order chi connectivity index (χ1) is 9.70. The number of nitrogens with two attached hydrogens (primary N) is 1. The zero-order valence-corrected chi connectivity index (χ0v) is 13.2. The summed E-state index contributed by atoms with van der Waals surface area (Å²) in [4.78, 5) is 0. The van der Waals surface area contributed by atoms with Gasteiger partial charge in [-0.15, -0.1) is 5.10 Å². The van der Waals surface area contributed by atoms with Gasteiger partial charge in [0.1, 0.15) is 5.82 Å². The second kappa shape index (κ2) is 5.42. The van der Waals surface area contributed by atoms with Gasteiger partial charge in [-0.1, -0.05) is 27.7 Å². The fraction of sp³-hybridized carbons (Fsp3) is 0.533. The molecule has 1 heterocycles. The topological polar surface area (TPSA) is 69.6 Å². The van der Waals surface area contributed by atoms with Crippen molar-refractivity contribution in [1.29, 1.82) is 0 Å². The Morgan fingerprint density at radius 1 is 1.33 bits per heavy atom. The molecule has 114 valence electrons. The number of rotatable bonds is 3. The maximum Gasteiger partial charge on any atom is 0.185 e. The number of aryl methyl sites for hydroxylation is 1. The van der Waals surface area contributed by atoms with Crippen LogP contribution in [0.5, 0.6) is 0 Å². The molecule has 0 radical (unpaired) electrons. The Morgan fingerprint density at radius 2 is 2.00 bits per heavy atom. The van der Waals surface area contributed by atoms with Crippen molar-refractivity contribution in [3.05, 3.63) is 23.5 Å². The molecule has 1 atom stereocenters. The lowest BCUT2D eigenvalue weighted by molar-refractivity contribution is 0.225. The molecule has 21 heavy (non-hydrogen) atoms. The number of aromatic nitrogens is 4. The average Bonchev–Trinajstić information content (AvgIpc) is 2.80. The highest BCUT2D eigenvalue weighted by Gasteiger charge is 2.23. The number of hydrogen-bond donors (Lipinski definition) is 1. The lowest BCUT2D eigenvalue weighted by Crippen LogP contribution is -2.23. The number of halogens is 1. The predicted octanol–water partition coefficient (Wildman–Crippen LogP) is 3.05. The third-order valence-electron chi connectivity index (χ3n) is 3.97. The van der Waals surface area contributed by atoms with Gasteiger partial charge >= 0.3 is 0 Å². The van der Waals surface area contributed by atoms with Crippen molar-refractivity contribution in [3.8, 4) is 11.4 Å². The van der Waals surface area contributed by atoms with E-state index in [2.05, 4.69) is 43.2 Å². The van der Waals surface area contributed by atoms with E-state index in [1.165, 1.54) is 0 Å². The summed E-state index contributed by atoms with van der Waals surface area (Å²) in [6.45, 7) is 10.9. The van der Waals surface area contributed by atoms with Crippen LogP contribution in [-0.4, -0.2) is 20.2 Å². The van der Waals surface area contributed by atoms with Gasteiger partial charge in [-0.25, -0.2) is 9.07 Å². The largest absolute Gasteiger partial charge is 0.399 e. The lowest BCUT2D eigenvalue weighted by atomic mass is 9.82. The number of benzene rings is 1. The Hall–Kier alpha value is -1.98. The van der Waals surface area contributed by atoms with E-state index >= 15 is 0 Å². The lowest BCUT2D eigenvalue weighted by Gasteiger charge is -2.27. The zero-order valence-electron chi connectivity index (χ0n) is 13.2. The van der Waals surface area contributed by atoms with E-state index in [-0.39, 0.29) is 11.2 Å². The molecule has 0 bridgehead atoms. The second-order valence-corrected chi connectivity index (χ2v) is 6.65. The predicted molar refractivity (Wildman–Crippen MR) is 81.0 cm³/mol. The summed E-state index contributed by atoms with van der Waals surface area (Å²) in [5.74, 6) is 0.424. The molecule has 2 N–H and O–H groups in total. The molecule has 2 aromatic rings. The quantitative estimate of drug-likeness (QED) is 0.882. The van der Waals surface area contributed by atoms with Gasteiger partial charge in [-0.05, 0) is 46.4 Å². The van der Waals surface area contributed by atoms with Gasteiger partial charge in [0.25, 0.3) is 0 Å². The molecule has 0 fully saturated rings. The third kappa shape index (κ3) is 3.20. The fourth-order valence-corrected chi connectivity index (χ4v) is 2.01. The number of hydrogen-bond acceptors (Lipinski definition) is 4. The fourth-order valence-electron chi connectivity index (χ4n) is 2.01. The molecule has 1 unspecified atom stereocenters. The zero-order chi connectivity index (χ0) is 15.8. The second-order valence-electron chi connectivity index (χ2n) is 6.65. The first kappa shape index (κ1) is 15.4. The first-order valence-corrected chi connectivity index (χ1v) is 7.02. The number of nitrogens with zero attached hydrogens (tertiary/aromatic N) is 4. The molecule has 0 aliphatic rings. The summed E-state index contributed by atoms with van der Waals surface area (Å²) in [5, 5.41) is 11.7. The molecule has 0 aliphatic heterocycles. The molecular weight excluding hydrogens is 269 g/mol. The Bertz CT molecular complexity index is 642. The number of tetrazole rings is 1. The molecule has 1 aromatic carbocycles. The molecule has 0 amide bonds. The third-order valence-corrected chi connectivity index (χ3v) is 3.97. The summed E-state index contributed by atoms with van der Waals surface area (Å²) < 4.78 is 16.0. The molecule has 0 aliphatic carbocycles. The Morgan fingerprint density at radius 3 is 2.62 bits per heavy atom. The average molecular weight is 291 g/mol. The van der Waals surface area contributed by atoms with Gasteiger partial charge < -0.3 is 5.73 Å². The van der Waals surface area contributed by atoms with Crippen LogP contribution in [0.2, 0.25) is 0 Å². The highest BCUT2D eigenvalue weighted by molar-refractivity contribution is 5.63. The van der Waals surface area contributed by atoms with Crippen LogP contribution in [0.4, 0.5) is 10.1 Å². The summed E-state index contributed by atoms with van der Waals surface area (Å²) in [7, 11) is 0. The van der Waals surface area contributed by atoms with Gasteiger partial charge in [0.2, 0.25) is 0 Å². The van der Waals surface area contributed by atoms with Gasteiger partial charge in [0.15, 0.2) is 5.82 Å². The summed E-state index contributed by atoms with van der Waals surface area (Å²) in [5.41, 5.74) is 7.27. The van der Waals surface area contributed by atoms with Crippen molar-refractivity contribution in [2.24, 2.45) is 11.3 Å². The maximum atomic E-state index is 14.3. The molecule has 0 saturated carbocycles. The van der Waals surface area contributed by atoms with Crippen LogP contribution in [0.1, 0.15) is 33.3 Å². The molecular formula is C15H22FN5. The molecule has 0 saturated heterocycles. The number of anilines is 1. The van der Waals surface area contributed by atoms with E-state index in [4.69, 9.17) is 5.73 Å². The Labute approximate surface area is 124 Å². The van der Waals surface area contributed by atoms with Crippen molar-refractivity contribution in [3.63, 3.8) is 0 Å². The molecule has 0 spiro atoms. The van der Waals surface area contributed by atoms with E-state index in [1.54, 1.807) is 23.7 Å². The standard InChI is InChI=1S/C15H22FN5/c1-9-6-11(17)7-12(13(9)16)14-18-19-20-21(14)8-10(2)15(3,4)5/h6-7,10H,8,17H2,1-5H3. The summed E-state index contributed by atoms with van der Waals surface area (Å²) >= 11 is 0. The van der Waals surface area contributed by atoms with Crippen LogP contribution in [0.25, 0.3) is 11.4 Å². The molecule has 6 heteroatoms. The Kier molecular flexibility index (Phi) is 3.98. The van der Waals surface area contributed by atoms with E-state index in [0.717, 1.165) is 0 Å². The maximum absolute atomic E-state index is 14.3. The van der Waals surface area contributed by atoms with Crippen molar-refractivity contribution in [2.45, 2.75) is 41.2 Å². The van der Waals surface area contributed by atoms with Gasteiger partial charge in [-0.2, -0.15) is 0 Å². The van der Waals surface area contributed by atoms with Crippen LogP contribution in [0.3, 0.4) is 0 Å². The van der Waals surface area contributed by atoms with Crippen LogP contribution >= 0.6 is 0 Å². The van der Waals surface area contributed by atoms with Crippen LogP contribution < -0.4 is 5.73 Å². The van der Waals surface area contributed by atoms with Crippen LogP contribution in [0, 0.1) is 24.1 Å². The molecule has 1 aromatic heterocycles. The first-order valence-electron chi connectivity index (χ1n) is 7.02. The van der Waals surface area contributed by atoms with Crippen LogP contribution in [-0.2, 0) is 6.54 Å². The number of nitrogen functional groups attached to an aromatic ring is 1. The van der Waals surface area contributed by atoms with Gasteiger partial charge in [0.05, 0.1) is 5.56 Å². The van der Waals surface area contributed by atoms with Gasteiger partial charge in [0, 0.05) is 12.2 Å². The monoisotopic (exact) mass is 291 g/mol. The van der Waals surface area contributed by atoms with Crippen molar-refractivity contribution in [2.75, 3.05) is 5.73 Å². The highest BCUT2D eigenvalue weighted by atomic mass is 19.1. The van der Waals surface area contributed by atoms with E-state index < -0.39 is 0 Å². The van der Waals surface area contributed by atoms with Crippen molar-refractivity contribution >= 4 is 5.69 Å².